The zero-order valence-electron chi connectivity index (χ0n) is 15.6. The summed E-state index contributed by atoms with van der Waals surface area (Å²) in [5.74, 6) is -0.797. The Morgan fingerprint density at radius 1 is 0.852 bits per heavy atom. The summed E-state index contributed by atoms with van der Waals surface area (Å²) in [6, 6.07) is 14.9. The van der Waals surface area contributed by atoms with Crippen LogP contribution in [-0.4, -0.2) is 22.8 Å². The minimum atomic E-state index is -0.398. The van der Waals surface area contributed by atoms with Crippen molar-refractivity contribution in [1.82, 2.24) is 0 Å². The summed E-state index contributed by atoms with van der Waals surface area (Å²) in [7, 11) is 0. The third-order valence-corrected chi connectivity index (χ3v) is 4.36. The van der Waals surface area contributed by atoms with Crippen LogP contribution in [0.2, 0.25) is 0 Å². The molecule has 2 aromatic carbocycles. The van der Waals surface area contributed by atoms with E-state index in [1.165, 1.54) is 43.0 Å². The van der Waals surface area contributed by atoms with E-state index in [0.717, 1.165) is 25.7 Å². The zero-order valence-corrected chi connectivity index (χ0v) is 15.6. The van der Waals surface area contributed by atoms with E-state index in [2.05, 4.69) is 24.3 Å². The Hall–Kier alpha value is -2.75. The number of carbonyl (C=O) groups is 1. The van der Waals surface area contributed by atoms with E-state index in [1.54, 1.807) is 12.1 Å². The third kappa shape index (κ3) is 8.45. The molecule has 4 nitrogen and oxygen atoms in total. The highest BCUT2D eigenvalue weighted by Crippen LogP contribution is 2.25. The lowest BCUT2D eigenvalue weighted by Crippen LogP contribution is -2.02. The first kappa shape index (κ1) is 20.6. The van der Waals surface area contributed by atoms with Gasteiger partial charge in [-0.15, -0.1) is 0 Å². The molecule has 0 heterocycles. The van der Waals surface area contributed by atoms with Crippen molar-refractivity contribution in [2.24, 2.45) is 0 Å². The summed E-state index contributed by atoms with van der Waals surface area (Å²) in [6.45, 7) is 0.425. The molecule has 0 amide bonds. The molecule has 4 heteroatoms. The van der Waals surface area contributed by atoms with E-state index in [1.807, 2.05) is 6.07 Å². The number of carbonyl (C=O) groups excluding carboxylic acids is 1. The minimum Gasteiger partial charge on any atom is -0.504 e. The molecule has 0 unspecified atom stereocenters. The van der Waals surface area contributed by atoms with Gasteiger partial charge in [-0.2, -0.15) is 0 Å². The summed E-state index contributed by atoms with van der Waals surface area (Å²) < 4.78 is 5.17. The fourth-order valence-electron chi connectivity index (χ4n) is 2.81. The molecule has 144 valence electrons. The normalized spacial score (nSPS) is 11.0. The molecule has 2 N–H and O–H groups in total. The Balaban J connectivity index is 1.48. The Bertz CT molecular complexity index is 722. The molecular weight excluding hydrogens is 340 g/mol. The number of hydrogen-bond acceptors (Lipinski definition) is 4. The average Bonchev–Trinajstić information content (AvgIpc) is 2.68. The van der Waals surface area contributed by atoms with Crippen molar-refractivity contribution < 1.29 is 19.7 Å². The van der Waals surface area contributed by atoms with Gasteiger partial charge < -0.3 is 14.9 Å². The van der Waals surface area contributed by atoms with Gasteiger partial charge in [0.05, 0.1) is 6.61 Å². The zero-order chi connectivity index (χ0) is 19.3. The van der Waals surface area contributed by atoms with E-state index in [-0.39, 0.29) is 11.5 Å². The quantitative estimate of drug-likeness (QED) is 0.246. The number of aryl methyl sites for hydroxylation is 1. The van der Waals surface area contributed by atoms with Crippen LogP contribution < -0.4 is 0 Å². The van der Waals surface area contributed by atoms with Crippen molar-refractivity contribution in [2.75, 3.05) is 6.61 Å². The number of esters is 1. The summed E-state index contributed by atoms with van der Waals surface area (Å²) >= 11 is 0. The maximum Gasteiger partial charge on any atom is 0.330 e. The second kappa shape index (κ2) is 11.8. The van der Waals surface area contributed by atoms with E-state index >= 15 is 0 Å². The van der Waals surface area contributed by atoms with E-state index in [0.29, 0.717) is 12.2 Å². The van der Waals surface area contributed by atoms with Gasteiger partial charge in [-0.25, -0.2) is 4.79 Å². The van der Waals surface area contributed by atoms with Crippen LogP contribution >= 0.6 is 0 Å². The maximum absolute atomic E-state index is 11.7. The predicted octanol–water partition coefficient (Wildman–Crippen LogP) is 5.24. The van der Waals surface area contributed by atoms with Crippen LogP contribution in [0.15, 0.2) is 54.6 Å². The molecule has 2 rings (SSSR count). The van der Waals surface area contributed by atoms with Crippen molar-refractivity contribution in [3.05, 3.63) is 65.7 Å². The Kier molecular flexibility index (Phi) is 8.98. The number of aromatic hydroxyl groups is 2. The number of rotatable bonds is 11. The van der Waals surface area contributed by atoms with Gasteiger partial charge in [0.1, 0.15) is 0 Å². The number of unbranched alkanes of at least 4 members (excludes halogenated alkanes) is 5. The first-order valence-electron chi connectivity index (χ1n) is 9.56. The topological polar surface area (TPSA) is 66.8 Å². The molecule has 0 aliphatic rings. The molecular formula is C23H28O4. The van der Waals surface area contributed by atoms with Crippen LogP contribution in [0.3, 0.4) is 0 Å². The highest BCUT2D eigenvalue weighted by molar-refractivity contribution is 5.87. The number of phenolic OH excluding ortho intramolecular Hbond substituents is 2. The van der Waals surface area contributed by atoms with Crippen LogP contribution in [0.25, 0.3) is 6.08 Å². The molecule has 0 saturated heterocycles. The lowest BCUT2D eigenvalue weighted by atomic mass is 10.1. The van der Waals surface area contributed by atoms with Crippen LogP contribution in [0.5, 0.6) is 11.5 Å². The Labute approximate surface area is 161 Å². The van der Waals surface area contributed by atoms with E-state index in [9.17, 15) is 15.0 Å². The van der Waals surface area contributed by atoms with Gasteiger partial charge in [-0.05, 0) is 48.6 Å². The van der Waals surface area contributed by atoms with Crippen molar-refractivity contribution >= 4 is 12.0 Å². The first-order valence-corrected chi connectivity index (χ1v) is 9.56. The highest BCUT2D eigenvalue weighted by Gasteiger charge is 2.00. The largest absolute Gasteiger partial charge is 0.504 e. The maximum atomic E-state index is 11.7. The second-order valence-corrected chi connectivity index (χ2v) is 6.61. The van der Waals surface area contributed by atoms with Crippen molar-refractivity contribution in [2.45, 2.75) is 44.9 Å². The van der Waals surface area contributed by atoms with Gasteiger partial charge >= 0.3 is 5.97 Å². The monoisotopic (exact) mass is 368 g/mol. The van der Waals surface area contributed by atoms with Crippen molar-refractivity contribution in [1.29, 1.82) is 0 Å². The fraction of sp³-hybridized carbons (Fsp3) is 0.348. The number of ether oxygens (including phenoxy) is 1. The van der Waals surface area contributed by atoms with Gasteiger partial charge in [-0.3, -0.25) is 0 Å². The number of phenols is 2. The molecule has 0 radical (unpaired) electrons. The van der Waals surface area contributed by atoms with Crippen molar-refractivity contribution in [3.8, 4) is 11.5 Å². The molecule has 0 saturated carbocycles. The molecule has 0 spiro atoms. The molecule has 0 aliphatic heterocycles. The summed E-state index contributed by atoms with van der Waals surface area (Å²) in [6.07, 6.45) is 10.8. The summed E-state index contributed by atoms with van der Waals surface area (Å²) in [4.78, 5) is 11.7. The Morgan fingerprint density at radius 2 is 1.56 bits per heavy atom. The van der Waals surface area contributed by atoms with Gasteiger partial charge in [0.15, 0.2) is 11.5 Å². The summed E-state index contributed by atoms with van der Waals surface area (Å²) in [5.41, 5.74) is 2.03. The minimum absolute atomic E-state index is 0.185. The highest BCUT2D eigenvalue weighted by atomic mass is 16.5. The van der Waals surface area contributed by atoms with E-state index < -0.39 is 5.97 Å². The lowest BCUT2D eigenvalue weighted by Gasteiger charge is -2.04. The molecule has 27 heavy (non-hydrogen) atoms. The Morgan fingerprint density at radius 3 is 2.30 bits per heavy atom. The third-order valence-electron chi connectivity index (χ3n) is 4.36. The SMILES string of the molecule is O=C(/C=C/c1ccc(O)c(O)c1)OCCCCCCCCc1ccccc1. The molecule has 0 bridgehead atoms. The first-order chi connectivity index (χ1) is 13.1. The number of benzene rings is 2. The van der Waals surface area contributed by atoms with Crippen LogP contribution in [0, 0.1) is 0 Å². The average molecular weight is 368 g/mol. The van der Waals surface area contributed by atoms with Gasteiger partial charge in [0.25, 0.3) is 0 Å². The molecule has 0 atom stereocenters. The smallest absolute Gasteiger partial charge is 0.330 e. The van der Waals surface area contributed by atoms with Crippen LogP contribution in [-0.2, 0) is 16.0 Å². The van der Waals surface area contributed by atoms with Gasteiger partial charge in [-0.1, -0.05) is 62.1 Å². The second-order valence-electron chi connectivity index (χ2n) is 6.61. The standard InChI is InChI=1S/C23H28O4/c24-21-15-13-20(18-22(21)25)14-16-23(26)27-17-9-4-2-1-3-6-10-19-11-7-5-8-12-19/h5,7-8,11-16,18,24-25H,1-4,6,9-10,17H2/b16-14+. The molecule has 0 aliphatic carbocycles. The molecule has 0 fully saturated rings. The van der Waals surface area contributed by atoms with Crippen LogP contribution in [0.4, 0.5) is 0 Å². The fourth-order valence-corrected chi connectivity index (χ4v) is 2.81. The molecule has 0 aromatic heterocycles. The molecule has 2 aromatic rings. The van der Waals surface area contributed by atoms with E-state index in [4.69, 9.17) is 4.74 Å². The van der Waals surface area contributed by atoms with Crippen molar-refractivity contribution in [3.63, 3.8) is 0 Å². The summed E-state index contributed by atoms with van der Waals surface area (Å²) in [5, 5.41) is 18.6. The lowest BCUT2D eigenvalue weighted by molar-refractivity contribution is -0.137. The number of hydrogen-bond donors (Lipinski definition) is 2. The van der Waals surface area contributed by atoms with Crippen LogP contribution in [0.1, 0.15) is 49.7 Å². The predicted molar refractivity (Wildman–Crippen MR) is 108 cm³/mol. The van der Waals surface area contributed by atoms with Gasteiger partial charge in [0, 0.05) is 6.08 Å². The van der Waals surface area contributed by atoms with Gasteiger partial charge in [0.2, 0.25) is 0 Å².